The van der Waals surface area contributed by atoms with Crippen molar-refractivity contribution in [2.75, 3.05) is 0 Å². The molecule has 1 atom stereocenters. The van der Waals surface area contributed by atoms with Crippen LogP contribution in [0, 0.1) is 21.4 Å². The van der Waals surface area contributed by atoms with Gasteiger partial charge in [-0.25, -0.2) is 0 Å². The van der Waals surface area contributed by atoms with Gasteiger partial charge in [-0.3, -0.25) is 14.9 Å². The maximum absolute atomic E-state index is 11.4. The molecule has 0 aliphatic carbocycles. The number of hydrogen-bond donors (Lipinski definition) is 0. The highest BCUT2D eigenvalue weighted by Gasteiger charge is 2.19. The fourth-order valence-electron chi connectivity index (χ4n) is 1.78. The number of rotatable bonds is 4. The summed E-state index contributed by atoms with van der Waals surface area (Å²) in [5.41, 5.74) is 0.420. The molecule has 17 heavy (non-hydrogen) atoms. The van der Waals surface area contributed by atoms with Crippen LogP contribution in [0.25, 0.3) is 0 Å². The van der Waals surface area contributed by atoms with E-state index in [9.17, 15) is 14.9 Å². The highest BCUT2D eigenvalue weighted by atomic mass is 16.6. The van der Waals surface area contributed by atoms with Crippen LogP contribution < -0.4 is 0 Å². The molecule has 0 saturated carbocycles. The monoisotopic (exact) mass is 232 g/mol. The molecule has 88 valence electrons. The van der Waals surface area contributed by atoms with Crippen LogP contribution >= 0.6 is 0 Å². The van der Waals surface area contributed by atoms with Crippen molar-refractivity contribution in [2.45, 2.75) is 26.2 Å². The fourth-order valence-corrected chi connectivity index (χ4v) is 1.78. The second-order valence-corrected chi connectivity index (χ2v) is 3.72. The van der Waals surface area contributed by atoms with E-state index >= 15 is 0 Å². The number of ketones is 1. The van der Waals surface area contributed by atoms with Crippen molar-refractivity contribution >= 4 is 11.5 Å². The van der Waals surface area contributed by atoms with Gasteiger partial charge in [0.25, 0.3) is 5.69 Å². The van der Waals surface area contributed by atoms with E-state index < -0.39 is 4.92 Å². The summed E-state index contributed by atoms with van der Waals surface area (Å²) in [6, 6.07) is 6.02. The van der Waals surface area contributed by atoms with Crippen molar-refractivity contribution in [3.05, 3.63) is 39.4 Å². The molecule has 1 aromatic rings. The normalized spacial score (nSPS) is 11.6. The van der Waals surface area contributed by atoms with E-state index in [1.54, 1.807) is 6.07 Å². The molecule has 0 bridgehead atoms. The molecule has 1 aromatic carbocycles. The van der Waals surface area contributed by atoms with Crippen molar-refractivity contribution in [1.29, 1.82) is 5.26 Å². The zero-order valence-corrected chi connectivity index (χ0v) is 9.64. The zero-order valence-electron chi connectivity index (χ0n) is 9.64. The Morgan fingerprint density at radius 3 is 2.65 bits per heavy atom. The second kappa shape index (κ2) is 5.21. The number of nitro groups is 1. The number of nitrogens with zero attached hydrogens (tertiary/aromatic N) is 2. The SMILES string of the molecule is CCC(C(C)=O)c1ccc([N+](=O)[O-])c(C#N)c1. The highest BCUT2D eigenvalue weighted by molar-refractivity contribution is 5.83. The number of hydrogen-bond acceptors (Lipinski definition) is 4. The van der Waals surface area contributed by atoms with Crippen LogP contribution in [0.3, 0.4) is 0 Å². The quantitative estimate of drug-likeness (QED) is 0.589. The van der Waals surface area contributed by atoms with Crippen LogP contribution in [0.5, 0.6) is 0 Å². The van der Waals surface area contributed by atoms with Crippen LogP contribution in [0.1, 0.15) is 37.3 Å². The summed E-state index contributed by atoms with van der Waals surface area (Å²) in [4.78, 5) is 21.4. The fraction of sp³-hybridized carbons (Fsp3) is 0.333. The van der Waals surface area contributed by atoms with Gasteiger partial charge in [-0.05, 0) is 25.0 Å². The third-order valence-corrected chi connectivity index (χ3v) is 2.64. The minimum Gasteiger partial charge on any atom is -0.299 e. The van der Waals surface area contributed by atoms with E-state index in [4.69, 9.17) is 5.26 Å². The Morgan fingerprint density at radius 1 is 1.59 bits per heavy atom. The lowest BCUT2D eigenvalue weighted by Gasteiger charge is -2.11. The summed E-state index contributed by atoms with van der Waals surface area (Å²) < 4.78 is 0. The second-order valence-electron chi connectivity index (χ2n) is 3.72. The van der Waals surface area contributed by atoms with Gasteiger partial charge >= 0.3 is 0 Å². The van der Waals surface area contributed by atoms with Crippen molar-refractivity contribution < 1.29 is 9.72 Å². The molecule has 0 aliphatic rings. The Labute approximate surface area is 98.8 Å². The number of nitro benzene ring substituents is 1. The number of nitriles is 1. The minimum absolute atomic E-state index is 0.00722. The van der Waals surface area contributed by atoms with Crippen molar-refractivity contribution in [2.24, 2.45) is 0 Å². The van der Waals surface area contributed by atoms with Crippen LogP contribution in [-0.4, -0.2) is 10.7 Å². The van der Waals surface area contributed by atoms with Gasteiger partial charge in [-0.15, -0.1) is 0 Å². The molecule has 0 N–H and O–H groups in total. The van der Waals surface area contributed by atoms with E-state index in [0.717, 1.165) is 0 Å². The van der Waals surface area contributed by atoms with E-state index in [0.29, 0.717) is 12.0 Å². The Bertz CT molecular complexity index is 503. The predicted octanol–water partition coefficient (Wildman–Crippen LogP) is 2.55. The number of carbonyl (C=O) groups excluding carboxylic acids is 1. The first-order valence-corrected chi connectivity index (χ1v) is 5.20. The predicted molar refractivity (Wildman–Crippen MR) is 61.5 cm³/mol. The van der Waals surface area contributed by atoms with E-state index in [2.05, 4.69) is 0 Å². The highest BCUT2D eigenvalue weighted by Crippen LogP contribution is 2.26. The molecular formula is C12H12N2O3. The molecule has 0 fully saturated rings. The molecule has 5 heteroatoms. The number of benzene rings is 1. The number of Topliss-reactive ketones (excluding diaryl/α,β-unsaturated/α-hetero) is 1. The van der Waals surface area contributed by atoms with Crippen LogP contribution in [0.2, 0.25) is 0 Å². The van der Waals surface area contributed by atoms with E-state index in [-0.39, 0.29) is 23.0 Å². The van der Waals surface area contributed by atoms with Gasteiger partial charge < -0.3 is 0 Å². The maximum atomic E-state index is 11.4. The maximum Gasteiger partial charge on any atom is 0.287 e. The molecule has 1 unspecified atom stereocenters. The molecule has 5 nitrogen and oxygen atoms in total. The summed E-state index contributed by atoms with van der Waals surface area (Å²) in [5.74, 6) is -0.312. The van der Waals surface area contributed by atoms with Gasteiger partial charge in [-0.1, -0.05) is 13.0 Å². The first-order chi connectivity index (χ1) is 8.01. The van der Waals surface area contributed by atoms with Gasteiger partial charge in [0, 0.05) is 12.0 Å². The Kier molecular flexibility index (Phi) is 3.94. The Morgan fingerprint density at radius 2 is 2.24 bits per heavy atom. The van der Waals surface area contributed by atoms with Crippen LogP contribution in [0.4, 0.5) is 5.69 Å². The largest absolute Gasteiger partial charge is 0.299 e. The van der Waals surface area contributed by atoms with E-state index in [1.807, 2.05) is 6.92 Å². The van der Waals surface area contributed by atoms with Gasteiger partial charge in [0.2, 0.25) is 0 Å². The lowest BCUT2D eigenvalue weighted by molar-refractivity contribution is -0.385. The zero-order chi connectivity index (χ0) is 13.0. The van der Waals surface area contributed by atoms with Crippen molar-refractivity contribution in [1.82, 2.24) is 0 Å². The molecule has 0 heterocycles. The Hall–Kier alpha value is -2.22. The first-order valence-electron chi connectivity index (χ1n) is 5.20. The third kappa shape index (κ3) is 2.67. The molecular weight excluding hydrogens is 220 g/mol. The van der Waals surface area contributed by atoms with Gasteiger partial charge in [0.15, 0.2) is 0 Å². The van der Waals surface area contributed by atoms with Gasteiger partial charge in [0.1, 0.15) is 17.4 Å². The smallest absolute Gasteiger partial charge is 0.287 e. The lowest BCUT2D eigenvalue weighted by Crippen LogP contribution is -2.08. The minimum atomic E-state index is -0.600. The van der Waals surface area contributed by atoms with Crippen molar-refractivity contribution in [3.63, 3.8) is 0 Å². The lowest BCUT2D eigenvalue weighted by atomic mass is 9.91. The van der Waals surface area contributed by atoms with Crippen LogP contribution in [-0.2, 0) is 4.79 Å². The molecule has 0 radical (unpaired) electrons. The van der Waals surface area contributed by atoms with Gasteiger partial charge in [0.05, 0.1) is 4.92 Å². The first kappa shape index (κ1) is 12.8. The molecule has 0 spiro atoms. The molecule has 0 aliphatic heterocycles. The van der Waals surface area contributed by atoms with E-state index in [1.165, 1.54) is 25.1 Å². The Balaban J connectivity index is 3.27. The number of carbonyl (C=O) groups is 1. The summed E-state index contributed by atoms with van der Waals surface area (Å²) in [6.07, 6.45) is 0.609. The third-order valence-electron chi connectivity index (χ3n) is 2.64. The summed E-state index contributed by atoms with van der Waals surface area (Å²) in [7, 11) is 0. The molecule has 0 aromatic heterocycles. The topological polar surface area (TPSA) is 84.0 Å². The van der Waals surface area contributed by atoms with Crippen LogP contribution in [0.15, 0.2) is 18.2 Å². The average Bonchev–Trinajstić information content (AvgIpc) is 2.28. The van der Waals surface area contributed by atoms with Crippen molar-refractivity contribution in [3.8, 4) is 6.07 Å². The van der Waals surface area contributed by atoms with Gasteiger partial charge in [-0.2, -0.15) is 5.26 Å². The summed E-state index contributed by atoms with van der Waals surface area (Å²) in [6.45, 7) is 3.33. The molecule has 0 saturated heterocycles. The molecule has 0 amide bonds. The average molecular weight is 232 g/mol. The summed E-state index contributed by atoms with van der Waals surface area (Å²) >= 11 is 0. The summed E-state index contributed by atoms with van der Waals surface area (Å²) in [5, 5.41) is 19.5. The standard InChI is InChI=1S/C12H12N2O3/c1-3-11(8(2)15)9-4-5-12(14(16)17)10(6-9)7-13/h4-6,11H,3H2,1-2H3. The molecule has 1 rings (SSSR count).